The number of nitrogens with zero attached hydrogens (tertiary/aromatic N) is 1. The second-order valence-corrected chi connectivity index (χ2v) is 7.91. The van der Waals surface area contributed by atoms with E-state index < -0.39 is 6.04 Å². The molecule has 2 aromatic carbocycles. The number of hydrogen-bond acceptors (Lipinski definition) is 3. The van der Waals surface area contributed by atoms with Crippen LogP contribution in [-0.4, -0.2) is 30.3 Å². The quantitative estimate of drug-likeness (QED) is 0.693. The molecule has 7 heteroatoms. The van der Waals surface area contributed by atoms with Gasteiger partial charge < -0.3 is 15.5 Å². The van der Waals surface area contributed by atoms with Crippen LogP contribution in [0.5, 0.6) is 0 Å². The normalized spacial score (nSPS) is 15.6. The van der Waals surface area contributed by atoms with Crippen molar-refractivity contribution in [2.45, 2.75) is 39.2 Å². The average Bonchev–Trinajstić information content (AvgIpc) is 3.19. The standard InChI is InChI=1S/C23H26ClN3O3/c1-3-15(2)21(26-22(29)16-8-5-4-6-9-16)23(30)25-19-14-17(11-12-18(19)24)27-13-7-10-20(27)28/h4-6,8-9,11-12,14-15,21H,3,7,10,13H2,1-2H3,(H,25,30)(H,26,29). The first-order valence-corrected chi connectivity index (χ1v) is 10.5. The number of anilines is 2. The fraction of sp³-hybridized carbons (Fsp3) is 0.348. The smallest absolute Gasteiger partial charge is 0.251 e. The maximum absolute atomic E-state index is 13.1. The van der Waals surface area contributed by atoms with Gasteiger partial charge in [0.05, 0.1) is 10.7 Å². The first-order valence-electron chi connectivity index (χ1n) is 10.2. The van der Waals surface area contributed by atoms with Crippen LogP contribution in [-0.2, 0) is 9.59 Å². The van der Waals surface area contributed by atoms with E-state index in [0.29, 0.717) is 41.3 Å². The minimum absolute atomic E-state index is 0.0576. The predicted octanol–water partition coefficient (Wildman–Crippen LogP) is 4.25. The van der Waals surface area contributed by atoms with Crippen LogP contribution in [0.25, 0.3) is 0 Å². The van der Waals surface area contributed by atoms with E-state index in [-0.39, 0.29) is 23.6 Å². The summed E-state index contributed by atoms with van der Waals surface area (Å²) in [5, 5.41) is 6.05. The molecule has 0 radical (unpaired) electrons. The molecule has 0 aliphatic carbocycles. The molecule has 6 nitrogen and oxygen atoms in total. The van der Waals surface area contributed by atoms with Gasteiger partial charge >= 0.3 is 0 Å². The molecular weight excluding hydrogens is 402 g/mol. The number of carbonyl (C=O) groups is 3. The minimum atomic E-state index is -0.726. The van der Waals surface area contributed by atoms with Crippen LogP contribution in [0.4, 0.5) is 11.4 Å². The van der Waals surface area contributed by atoms with Crippen LogP contribution >= 0.6 is 11.6 Å². The summed E-state index contributed by atoms with van der Waals surface area (Å²) < 4.78 is 0. The van der Waals surface area contributed by atoms with Crippen molar-refractivity contribution in [2.75, 3.05) is 16.8 Å². The maximum Gasteiger partial charge on any atom is 0.251 e. The van der Waals surface area contributed by atoms with E-state index >= 15 is 0 Å². The third-order valence-electron chi connectivity index (χ3n) is 5.41. The van der Waals surface area contributed by atoms with Gasteiger partial charge in [-0.1, -0.05) is 50.1 Å². The van der Waals surface area contributed by atoms with Crippen LogP contribution in [0.2, 0.25) is 5.02 Å². The van der Waals surface area contributed by atoms with Crippen molar-refractivity contribution in [1.82, 2.24) is 5.32 Å². The third kappa shape index (κ3) is 5.00. The van der Waals surface area contributed by atoms with Gasteiger partial charge in [-0.05, 0) is 42.7 Å². The summed E-state index contributed by atoms with van der Waals surface area (Å²) >= 11 is 6.30. The van der Waals surface area contributed by atoms with Gasteiger partial charge in [0.2, 0.25) is 11.8 Å². The van der Waals surface area contributed by atoms with E-state index in [1.165, 1.54) is 0 Å². The Hall–Kier alpha value is -2.86. The number of nitrogens with one attached hydrogen (secondary N) is 2. The van der Waals surface area contributed by atoms with Gasteiger partial charge in [-0.15, -0.1) is 0 Å². The lowest BCUT2D eigenvalue weighted by molar-refractivity contribution is -0.119. The Labute approximate surface area is 181 Å². The van der Waals surface area contributed by atoms with E-state index in [0.717, 1.165) is 6.42 Å². The first kappa shape index (κ1) is 21.8. The van der Waals surface area contributed by atoms with Crippen LogP contribution in [0.1, 0.15) is 43.5 Å². The summed E-state index contributed by atoms with van der Waals surface area (Å²) in [5.41, 5.74) is 1.61. The van der Waals surface area contributed by atoms with Crippen molar-refractivity contribution in [3.05, 3.63) is 59.1 Å². The molecule has 30 heavy (non-hydrogen) atoms. The van der Waals surface area contributed by atoms with Gasteiger partial charge in [0.15, 0.2) is 0 Å². The number of halogens is 1. The van der Waals surface area contributed by atoms with Crippen LogP contribution < -0.4 is 15.5 Å². The predicted molar refractivity (Wildman–Crippen MR) is 119 cm³/mol. The summed E-state index contributed by atoms with van der Waals surface area (Å²) in [6.45, 7) is 4.53. The molecular formula is C23H26ClN3O3. The summed E-state index contributed by atoms with van der Waals surface area (Å²) in [5.74, 6) is -0.680. The Kier molecular flexibility index (Phi) is 7.11. The highest BCUT2D eigenvalue weighted by atomic mass is 35.5. The monoisotopic (exact) mass is 427 g/mol. The van der Waals surface area contributed by atoms with Gasteiger partial charge in [-0.25, -0.2) is 0 Å². The van der Waals surface area contributed by atoms with Crippen LogP contribution in [0, 0.1) is 5.92 Å². The SMILES string of the molecule is CCC(C)C(NC(=O)c1ccccc1)C(=O)Nc1cc(N2CCCC2=O)ccc1Cl. The van der Waals surface area contributed by atoms with Crippen molar-refractivity contribution in [3.63, 3.8) is 0 Å². The molecule has 2 aromatic rings. The van der Waals surface area contributed by atoms with E-state index in [1.807, 2.05) is 19.9 Å². The Morgan fingerprint density at radius 1 is 1.17 bits per heavy atom. The fourth-order valence-electron chi connectivity index (χ4n) is 3.42. The van der Waals surface area contributed by atoms with Gasteiger partial charge in [0, 0.05) is 24.2 Å². The van der Waals surface area contributed by atoms with Crippen molar-refractivity contribution < 1.29 is 14.4 Å². The highest BCUT2D eigenvalue weighted by Crippen LogP contribution is 2.30. The highest BCUT2D eigenvalue weighted by Gasteiger charge is 2.28. The Morgan fingerprint density at radius 2 is 1.90 bits per heavy atom. The number of benzene rings is 2. The number of hydrogen-bond donors (Lipinski definition) is 2. The minimum Gasteiger partial charge on any atom is -0.340 e. The summed E-state index contributed by atoms with van der Waals surface area (Å²) in [4.78, 5) is 39.4. The van der Waals surface area contributed by atoms with Crippen LogP contribution in [0.15, 0.2) is 48.5 Å². The number of rotatable bonds is 7. The fourth-order valence-corrected chi connectivity index (χ4v) is 3.59. The molecule has 0 bridgehead atoms. The van der Waals surface area contributed by atoms with Crippen molar-refractivity contribution in [1.29, 1.82) is 0 Å². The second kappa shape index (κ2) is 9.76. The molecule has 1 heterocycles. The molecule has 2 atom stereocenters. The topological polar surface area (TPSA) is 78.5 Å². The first-order chi connectivity index (χ1) is 14.4. The molecule has 1 aliphatic rings. The lowest BCUT2D eigenvalue weighted by Gasteiger charge is -2.24. The zero-order valence-electron chi connectivity index (χ0n) is 17.2. The Bertz CT molecular complexity index is 933. The molecule has 0 saturated carbocycles. The summed E-state index contributed by atoms with van der Waals surface area (Å²) in [6, 6.07) is 13.2. The van der Waals surface area contributed by atoms with E-state index in [9.17, 15) is 14.4 Å². The van der Waals surface area contributed by atoms with Gasteiger partial charge in [0.25, 0.3) is 5.91 Å². The molecule has 158 valence electrons. The lowest BCUT2D eigenvalue weighted by atomic mass is 9.97. The van der Waals surface area contributed by atoms with Crippen molar-refractivity contribution in [3.8, 4) is 0 Å². The van der Waals surface area contributed by atoms with Crippen molar-refractivity contribution in [2.24, 2.45) is 5.92 Å². The average molecular weight is 428 g/mol. The van der Waals surface area contributed by atoms with Crippen molar-refractivity contribution >= 4 is 40.7 Å². The molecule has 3 rings (SSSR count). The lowest BCUT2D eigenvalue weighted by Crippen LogP contribution is -2.47. The van der Waals surface area contributed by atoms with E-state index in [2.05, 4.69) is 10.6 Å². The second-order valence-electron chi connectivity index (χ2n) is 7.51. The molecule has 1 aliphatic heterocycles. The molecule has 2 N–H and O–H groups in total. The highest BCUT2D eigenvalue weighted by molar-refractivity contribution is 6.34. The molecule has 3 amide bonds. The van der Waals surface area contributed by atoms with Gasteiger partial charge in [-0.3, -0.25) is 14.4 Å². The molecule has 0 aromatic heterocycles. The summed E-state index contributed by atoms with van der Waals surface area (Å²) in [6.07, 6.45) is 2.04. The molecule has 0 spiro atoms. The summed E-state index contributed by atoms with van der Waals surface area (Å²) in [7, 11) is 0. The molecule has 1 fully saturated rings. The van der Waals surface area contributed by atoms with Crippen LogP contribution in [0.3, 0.4) is 0 Å². The Balaban J connectivity index is 1.78. The van der Waals surface area contributed by atoms with Gasteiger partial charge in [0.1, 0.15) is 6.04 Å². The maximum atomic E-state index is 13.1. The van der Waals surface area contributed by atoms with E-state index in [4.69, 9.17) is 11.6 Å². The zero-order valence-corrected chi connectivity index (χ0v) is 17.9. The molecule has 2 unspecified atom stereocenters. The largest absolute Gasteiger partial charge is 0.340 e. The molecule has 1 saturated heterocycles. The zero-order chi connectivity index (χ0) is 21.7. The Morgan fingerprint density at radius 3 is 2.53 bits per heavy atom. The number of carbonyl (C=O) groups excluding carboxylic acids is 3. The third-order valence-corrected chi connectivity index (χ3v) is 5.74. The van der Waals surface area contributed by atoms with E-state index in [1.54, 1.807) is 47.4 Å². The number of amides is 3. The van der Waals surface area contributed by atoms with Gasteiger partial charge in [-0.2, -0.15) is 0 Å².